The summed E-state index contributed by atoms with van der Waals surface area (Å²) in [5.41, 5.74) is 0. The van der Waals surface area contributed by atoms with E-state index in [1.54, 1.807) is 13.0 Å². The van der Waals surface area contributed by atoms with Crippen molar-refractivity contribution in [2.75, 3.05) is 12.9 Å². The zero-order chi connectivity index (χ0) is 14.2. The Morgan fingerprint density at radius 1 is 1.42 bits per heavy atom. The van der Waals surface area contributed by atoms with Gasteiger partial charge in [-0.1, -0.05) is 6.92 Å². The smallest absolute Gasteiger partial charge is 0.418 e. The normalized spacial score (nSPS) is 11.7. The van der Waals surface area contributed by atoms with Gasteiger partial charge in [-0.15, -0.1) is 0 Å². The Morgan fingerprint density at radius 3 is 2.63 bits per heavy atom. The van der Waals surface area contributed by atoms with Gasteiger partial charge in [-0.3, -0.25) is 0 Å². The van der Waals surface area contributed by atoms with Crippen LogP contribution < -0.4 is 4.74 Å². The first-order chi connectivity index (χ1) is 8.90. The summed E-state index contributed by atoms with van der Waals surface area (Å²) >= 11 is 0. The first-order valence-corrected chi connectivity index (χ1v) is 7.21. The topological polar surface area (TPSA) is 85.6 Å². The standard InChI is InChI=1S/C12H13NO5S/c1-3-19(16,17)9-4-5-10-8(6-9)7-13(12(14)15)11(10)18-2/h4-7H,3H2,1-2H3,(H,14,15). The summed E-state index contributed by atoms with van der Waals surface area (Å²) in [6.07, 6.45) is 0.151. The highest BCUT2D eigenvalue weighted by atomic mass is 32.2. The SMILES string of the molecule is CCS(=O)(=O)c1ccc2c(OC)n(C(=O)O)cc2c1. The average molecular weight is 283 g/mol. The number of hydrogen-bond donors (Lipinski definition) is 1. The molecule has 0 aliphatic heterocycles. The number of ether oxygens (including phenoxy) is 1. The van der Waals surface area contributed by atoms with Crippen molar-refractivity contribution < 1.29 is 23.1 Å². The number of aromatic nitrogens is 1. The number of fused-ring (bicyclic) bond motifs is 1. The van der Waals surface area contributed by atoms with E-state index >= 15 is 0 Å². The Morgan fingerprint density at radius 2 is 2.11 bits per heavy atom. The summed E-state index contributed by atoms with van der Waals surface area (Å²) in [5, 5.41) is 10.1. The largest absolute Gasteiger partial charge is 0.481 e. The summed E-state index contributed by atoms with van der Waals surface area (Å²) in [4.78, 5) is 11.2. The third kappa shape index (κ3) is 2.17. The summed E-state index contributed by atoms with van der Waals surface area (Å²) < 4.78 is 29.5. The van der Waals surface area contributed by atoms with E-state index in [-0.39, 0.29) is 16.5 Å². The van der Waals surface area contributed by atoms with Gasteiger partial charge in [0.15, 0.2) is 9.84 Å². The van der Waals surface area contributed by atoms with Crippen molar-refractivity contribution >= 4 is 26.7 Å². The third-order valence-electron chi connectivity index (χ3n) is 2.88. The van der Waals surface area contributed by atoms with Crippen LogP contribution in [0.4, 0.5) is 4.79 Å². The van der Waals surface area contributed by atoms with E-state index in [0.29, 0.717) is 10.8 Å². The molecule has 0 bridgehead atoms. The second kappa shape index (κ2) is 4.58. The van der Waals surface area contributed by atoms with Gasteiger partial charge in [0.1, 0.15) is 0 Å². The fraction of sp³-hybridized carbons (Fsp3) is 0.250. The number of rotatable bonds is 3. The number of methoxy groups -OCH3 is 1. The van der Waals surface area contributed by atoms with Crippen LogP contribution >= 0.6 is 0 Å². The predicted molar refractivity (Wildman–Crippen MR) is 69.6 cm³/mol. The van der Waals surface area contributed by atoms with E-state index in [2.05, 4.69) is 0 Å². The zero-order valence-corrected chi connectivity index (χ0v) is 11.3. The Bertz CT molecular complexity index is 745. The molecule has 2 rings (SSSR count). The van der Waals surface area contributed by atoms with Crippen molar-refractivity contribution in [1.82, 2.24) is 4.57 Å². The third-order valence-corrected chi connectivity index (χ3v) is 4.61. The zero-order valence-electron chi connectivity index (χ0n) is 10.5. The van der Waals surface area contributed by atoms with E-state index in [1.807, 2.05) is 0 Å². The molecule has 1 aromatic carbocycles. The van der Waals surface area contributed by atoms with E-state index in [1.165, 1.54) is 25.4 Å². The van der Waals surface area contributed by atoms with Gasteiger partial charge in [0.25, 0.3) is 0 Å². The molecule has 0 spiro atoms. The average Bonchev–Trinajstić information content (AvgIpc) is 2.76. The maximum absolute atomic E-state index is 11.8. The van der Waals surface area contributed by atoms with Gasteiger partial charge in [-0.2, -0.15) is 0 Å². The molecule has 0 saturated carbocycles. The highest BCUT2D eigenvalue weighted by Gasteiger charge is 2.18. The molecule has 1 N–H and O–H groups in total. The maximum Gasteiger partial charge on any atom is 0.418 e. The molecule has 0 fully saturated rings. The molecular formula is C12H13NO5S. The predicted octanol–water partition coefficient (Wildman–Crippen LogP) is 1.97. The quantitative estimate of drug-likeness (QED) is 0.930. The number of benzene rings is 1. The molecular weight excluding hydrogens is 270 g/mol. The van der Waals surface area contributed by atoms with Crippen LogP contribution in [0.25, 0.3) is 10.8 Å². The second-order valence-electron chi connectivity index (χ2n) is 3.94. The van der Waals surface area contributed by atoms with Crippen molar-refractivity contribution in [3.8, 4) is 5.88 Å². The van der Waals surface area contributed by atoms with Crippen LogP contribution in [0.15, 0.2) is 29.3 Å². The summed E-state index contributed by atoms with van der Waals surface area (Å²) in [6, 6.07) is 4.46. The molecule has 0 saturated heterocycles. The van der Waals surface area contributed by atoms with Gasteiger partial charge in [0.05, 0.1) is 17.8 Å². The van der Waals surface area contributed by atoms with Crippen molar-refractivity contribution in [2.24, 2.45) is 0 Å². The molecule has 102 valence electrons. The van der Waals surface area contributed by atoms with Gasteiger partial charge in [-0.05, 0) is 18.2 Å². The molecule has 2 aromatic rings. The molecule has 0 aliphatic rings. The number of nitrogens with zero attached hydrogens (tertiary/aromatic N) is 1. The number of carboxylic acid groups (broad SMARTS) is 1. The van der Waals surface area contributed by atoms with Crippen molar-refractivity contribution in [2.45, 2.75) is 11.8 Å². The van der Waals surface area contributed by atoms with Crippen LogP contribution in [0, 0.1) is 0 Å². The maximum atomic E-state index is 11.8. The first-order valence-electron chi connectivity index (χ1n) is 5.56. The number of hydrogen-bond acceptors (Lipinski definition) is 4. The van der Waals surface area contributed by atoms with E-state index in [4.69, 9.17) is 9.84 Å². The van der Waals surface area contributed by atoms with Gasteiger partial charge in [0.2, 0.25) is 5.88 Å². The molecule has 7 heteroatoms. The van der Waals surface area contributed by atoms with Crippen LogP contribution in [0.2, 0.25) is 0 Å². The Balaban J connectivity index is 2.72. The molecule has 0 atom stereocenters. The first kappa shape index (κ1) is 13.4. The van der Waals surface area contributed by atoms with Crippen LogP contribution in [0.5, 0.6) is 5.88 Å². The van der Waals surface area contributed by atoms with E-state index in [0.717, 1.165) is 4.57 Å². The highest BCUT2D eigenvalue weighted by Crippen LogP contribution is 2.30. The van der Waals surface area contributed by atoms with Gasteiger partial charge in [-0.25, -0.2) is 17.8 Å². The van der Waals surface area contributed by atoms with E-state index in [9.17, 15) is 13.2 Å². The molecule has 0 radical (unpaired) electrons. The fourth-order valence-corrected chi connectivity index (χ4v) is 2.80. The lowest BCUT2D eigenvalue weighted by molar-refractivity contribution is 0.193. The summed E-state index contributed by atoms with van der Waals surface area (Å²) in [7, 11) is -1.95. The lowest BCUT2D eigenvalue weighted by atomic mass is 10.2. The Kier molecular flexibility index (Phi) is 3.23. The second-order valence-corrected chi connectivity index (χ2v) is 6.22. The number of sulfone groups is 1. The summed E-state index contributed by atoms with van der Waals surface area (Å²) in [5.74, 6) is 0.165. The van der Waals surface area contributed by atoms with Crippen molar-refractivity contribution in [3.05, 3.63) is 24.4 Å². The molecule has 0 amide bonds. The minimum absolute atomic E-state index is 0.00468. The van der Waals surface area contributed by atoms with Crippen LogP contribution in [-0.4, -0.2) is 37.0 Å². The molecule has 1 heterocycles. The van der Waals surface area contributed by atoms with Gasteiger partial charge in [0, 0.05) is 17.0 Å². The Hall–Kier alpha value is -2.02. The monoisotopic (exact) mass is 283 g/mol. The lowest BCUT2D eigenvalue weighted by Gasteiger charge is -2.03. The number of carbonyl (C=O) groups is 1. The van der Waals surface area contributed by atoms with Crippen LogP contribution in [0.1, 0.15) is 6.92 Å². The van der Waals surface area contributed by atoms with Gasteiger partial charge >= 0.3 is 6.09 Å². The minimum atomic E-state index is -3.32. The summed E-state index contributed by atoms with van der Waals surface area (Å²) in [6.45, 7) is 1.56. The molecule has 6 nitrogen and oxygen atoms in total. The van der Waals surface area contributed by atoms with Crippen molar-refractivity contribution in [3.63, 3.8) is 0 Å². The molecule has 1 aromatic heterocycles. The fourth-order valence-electron chi connectivity index (χ4n) is 1.88. The molecule has 19 heavy (non-hydrogen) atoms. The van der Waals surface area contributed by atoms with E-state index < -0.39 is 15.9 Å². The highest BCUT2D eigenvalue weighted by molar-refractivity contribution is 7.91. The Labute approximate surface area is 110 Å². The van der Waals surface area contributed by atoms with Crippen LogP contribution in [0.3, 0.4) is 0 Å². The molecule has 0 unspecified atom stereocenters. The van der Waals surface area contributed by atoms with Gasteiger partial charge < -0.3 is 9.84 Å². The van der Waals surface area contributed by atoms with Crippen LogP contribution in [-0.2, 0) is 9.84 Å². The lowest BCUT2D eigenvalue weighted by Crippen LogP contribution is -2.07. The minimum Gasteiger partial charge on any atom is -0.481 e. The van der Waals surface area contributed by atoms with Crippen molar-refractivity contribution in [1.29, 1.82) is 0 Å². The molecule has 0 aliphatic carbocycles.